The van der Waals surface area contributed by atoms with E-state index in [0.717, 1.165) is 19.0 Å². The van der Waals surface area contributed by atoms with Crippen LogP contribution in [0.1, 0.15) is 24.8 Å². The van der Waals surface area contributed by atoms with Crippen molar-refractivity contribution in [3.63, 3.8) is 0 Å². The van der Waals surface area contributed by atoms with Crippen molar-refractivity contribution in [1.29, 1.82) is 0 Å². The van der Waals surface area contributed by atoms with Crippen LogP contribution < -0.4 is 5.73 Å². The molecule has 0 bridgehead atoms. The van der Waals surface area contributed by atoms with Crippen LogP contribution in [-0.2, 0) is 0 Å². The van der Waals surface area contributed by atoms with Gasteiger partial charge in [0.1, 0.15) is 11.5 Å². The Kier molecular flexibility index (Phi) is 2.36. The fourth-order valence-electron chi connectivity index (χ4n) is 1.64. The summed E-state index contributed by atoms with van der Waals surface area (Å²) in [5, 5.41) is 3.80. The smallest absolute Gasteiger partial charge is 0.244 e. The average Bonchev–Trinajstić information content (AvgIpc) is 3.07. The van der Waals surface area contributed by atoms with Gasteiger partial charge in [0.05, 0.1) is 12.2 Å². The highest BCUT2D eigenvalue weighted by Crippen LogP contribution is 2.39. The Morgan fingerprint density at radius 3 is 2.88 bits per heavy atom. The summed E-state index contributed by atoms with van der Waals surface area (Å²) >= 11 is 0. The van der Waals surface area contributed by atoms with Crippen molar-refractivity contribution in [2.45, 2.75) is 18.9 Å². The maximum atomic E-state index is 12.7. The molecule has 0 aliphatic heterocycles. The average molecular weight is 234 g/mol. The number of halogens is 1. The summed E-state index contributed by atoms with van der Waals surface area (Å²) in [4.78, 5) is 8.06. The van der Waals surface area contributed by atoms with Crippen molar-refractivity contribution in [2.24, 2.45) is 11.7 Å². The van der Waals surface area contributed by atoms with Crippen molar-refractivity contribution < 1.29 is 8.91 Å². The number of hydrogen-bond donors (Lipinski definition) is 1. The molecule has 17 heavy (non-hydrogen) atoms. The lowest BCUT2D eigenvalue weighted by Gasteiger charge is -2.01. The Morgan fingerprint density at radius 2 is 2.24 bits per heavy atom. The molecule has 0 aromatic carbocycles. The summed E-state index contributed by atoms with van der Waals surface area (Å²) in [5.41, 5.74) is 6.42. The molecule has 0 spiro atoms. The van der Waals surface area contributed by atoms with E-state index in [1.807, 2.05) is 0 Å². The molecular formula is C11H11FN4O. The largest absolute Gasteiger partial charge is 0.337 e. The fourth-order valence-corrected chi connectivity index (χ4v) is 1.64. The predicted molar refractivity (Wildman–Crippen MR) is 57.1 cm³/mol. The van der Waals surface area contributed by atoms with Crippen LogP contribution >= 0.6 is 0 Å². The predicted octanol–water partition coefficient (Wildman–Crippen LogP) is 1.68. The molecule has 1 fully saturated rings. The van der Waals surface area contributed by atoms with E-state index >= 15 is 0 Å². The van der Waals surface area contributed by atoms with Gasteiger partial charge in [0.25, 0.3) is 0 Å². The van der Waals surface area contributed by atoms with Crippen LogP contribution in [0.25, 0.3) is 11.5 Å². The minimum absolute atomic E-state index is 0.198. The van der Waals surface area contributed by atoms with Crippen LogP contribution in [0.15, 0.2) is 22.9 Å². The summed E-state index contributed by atoms with van der Waals surface area (Å²) in [6, 6.07) is 2.61. The minimum atomic E-state index is -0.396. The summed E-state index contributed by atoms with van der Waals surface area (Å²) in [6.07, 6.45) is 3.33. The third-order valence-electron chi connectivity index (χ3n) is 2.81. The Morgan fingerprint density at radius 1 is 1.41 bits per heavy atom. The van der Waals surface area contributed by atoms with E-state index in [9.17, 15) is 4.39 Å². The van der Waals surface area contributed by atoms with Gasteiger partial charge in [0.2, 0.25) is 11.7 Å². The first-order chi connectivity index (χ1) is 8.24. The third-order valence-corrected chi connectivity index (χ3v) is 2.81. The van der Waals surface area contributed by atoms with Gasteiger partial charge in [-0.15, -0.1) is 0 Å². The molecule has 88 valence electrons. The van der Waals surface area contributed by atoms with Gasteiger partial charge in [-0.25, -0.2) is 9.37 Å². The number of hydrogen-bond acceptors (Lipinski definition) is 5. The van der Waals surface area contributed by atoms with E-state index in [1.165, 1.54) is 12.1 Å². The zero-order valence-corrected chi connectivity index (χ0v) is 9.01. The van der Waals surface area contributed by atoms with Gasteiger partial charge >= 0.3 is 0 Å². The second kappa shape index (κ2) is 3.89. The maximum absolute atomic E-state index is 12.7. The number of rotatable bonds is 3. The highest BCUT2D eigenvalue weighted by Gasteiger charge is 2.33. The Hall–Kier alpha value is -1.82. The second-order valence-electron chi connectivity index (χ2n) is 4.18. The molecule has 6 heteroatoms. The molecule has 1 aliphatic rings. The zero-order chi connectivity index (χ0) is 11.8. The standard InChI is InChI=1S/C11H11FN4O/c12-7-3-4-8(14-5-7)10-15-11(17-16-10)9(13)6-1-2-6/h3-6,9H,1-2,13H2. The van der Waals surface area contributed by atoms with E-state index < -0.39 is 5.82 Å². The molecule has 0 saturated heterocycles. The van der Waals surface area contributed by atoms with Crippen LogP contribution in [-0.4, -0.2) is 15.1 Å². The van der Waals surface area contributed by atoms with E-state index in [0.29, 0.717) is 23.3 Å². The van der Waals surface area contributed by atoms with Crippen molar-refractivity contribution in [2.75, 3.05) is 0 Å². The lowest BCUT2D eigenvalue weighted by molar-refractivity contribution is 0.343. The first-order valence-corrected chi connectivity index (χ1v) is 5.45. The van der Waals surface area contributed by atoms with E-state index in [-0.39, 0.29) is 6.04 Å². The van der Waals surface area contributed by atoms with Crippen molar-refractivity contribution >= 4 is 0 Å². The molecule has 2 N–H and O–H groups in total. The van der Waals surface area contributed by atoms with Crippen LogP contribution in [0.2, 0.25) is 0 Å². The molecular weight excluding hydrogens is 223 g/mol. The number of pyridine rings is 1. The lowest BCUT2D eigenvalue weighted by Crippen LogP contribution is -2.12. The van der Waals surface area contributed by atoms with E-state index in [2.05, 4.69) is 15.1 Å². The molecule has 1 unspecified atom stereocenters. The van der Waals surface area contributed by atoms with Crippen molar-refractivity contribution in [3.8, 4) is 11.5 Å². The van der Waals surface area contributed by atoms with Gasteiger partial charge in [-0.3, -0.25) is 0 Å². The quantitative estimate of drug-likeness (QED) is 0.874. The molecule has 2 aromatic heterocycles. The van der Waals surface area contributed by atoms with Crippen LogP contribution in [0, 0.1) is 11.7 Å². The number of nitrogens with zero attached hydrogens (tertiary/aromatic N) is 3. The fraction of sp³-hybridized carbons (Fsp3) is 0.364. The summed E-state index contributed by atoms with van der Waals surface area (Å²) in [5.74, 6) is 0.821. The van der Waals surface area contributed by atoms with Gasteiger partial charge in [-0.2, -0.15) is 4.98 Å². The normalized spacial score (nSPS) is 17.1. The first kappa shape index (κ1) is 10.3. The molecule has 3 rings (SSSR count). The van der Waals surface area contributed by atoms with E-state index in [1.54, 1.807) is 0 Å². The molecule has 5 nitrogen and oxygen atoms in total. The van der Waals surface area contributed by atoms with Crippen molar-refractivity contribution in [3.05, 3.63) is 30.0 Å². The van der Waals surface area contributed by atoms with E-state index in [4.69, 9.17) is 10.3 Å². The number of aromatic nitrogens is 3. The van der Waals surface area contributed by atoms with Crippen molar-refractivity contribution in [1.82, 2.24) is 15.1 Å². The van der Waals surface area contributed by atoms with Gasteiger partial charge in [-0.1, -0.05) is 5.16 Å². The monoisotopic (exact) mass is 234 g/mol. The Labute approximate surface area is 96.9 Å². The molecule has 0 amide bonds. The van der Waals surface area contributed by atoms with Gasteiger partial charge in [-0.05, 0) is 30.9 Å². The first-order valence-electron chi connectivity index (χ1n) is 5.45. The molecule has 2 aromatic rings. The zero-order valence-electron chi connectivity index (χ0n) is 9.01. The minimum Gasteiger partial charge on any atom is -0.337 e. The topological polar surface area (TPSA) is 77.8 Å². The molecule has 2 heterocycles. The van der Waals surface area contributed by atoms with Gasteiger partial charge in [0, 0.05) is 0 Å². The Bertz CT molecular complexity index is 521. The molecule has 1 atom stereocenters. The highest BCUT2D eigenvalue weighted by atomic mass is 19.1. The van der Waals surface area contributed by atoms with Gasteiger partial charge < -0.3 is 10.3 Å². The second-order valence-corrected chi connectivity index (χ2v) is 4.18. The SMILES string of the molecule is NC(c1nc(-c2ccc(F)cn2)no1)C1CC1. The molecule has 1 saturated carbocycles. The number of nitrogens with two attached hydrogens (primary N) is 1. The highest BCUT2D eigenvalue weighted by molar-refractivity contribution is 5.47. The summed E-state index contributed by atoms with van der Waals surface area (Å²) < 4.78 is 17.8. The third kappa shape index (κ3) is 2.03. The summed E-state index contributed by atoms with van der Waals surface area (Å²) in [7, 11) is 0. The maximum Gasteiger partial charge on any atom is 0.244 e. The molecule has 1 aliphatic carbocycles. The lowest BCUT2D eigenvalue weighted by atomic mass is 10.2. The van der Waals surface area contributed by atoms with Crippen LogP contribution in [0.4, 0.5) is 4.39 Å². The summed E-state index contributed by atoms with van der Waals surface area (Å²) in [6.45, 7) is 0. The molecule has 0 radical (unpaired) electrons. The van der Waals surface area contributed by atoms with Gasteiger partial charge in [0.15, 0.2) is 0 Å². The van der Waals surface area contributed by atoms with Crippen LogP contribution in [0.5, 0.6) is 0 Å². The Balaban J connectivity index is 1.86. The van der Waals surface area contributed by atoms with Crippen LogP contribution in [0.3, 0.4) is 0 Å².